The molecule has 5 unspecified atom stereocenters. The first-order chi connectivity index (χ1) is 7.27. The van der Waals surface area contributed by atoms with E-state index in [1.54, 1.807) is 0 Å². The van der Waals surface area contributed by atoms with Gasteiger partial charge in [-0.3, -0.25) is 0 Å². The molecule has 15 heavy (non-hydrogen) atoms. The molecule has 0 aromatic rings. The van der Waals surface area contributed by atoms with Crippen LogP contribution in [0.15, 0.2) is 0 Å². The zero-order valence-corrected chi connectivity index (χ0v) is 9.73. The summed E-state index contributed by atoms with van der Waals surface area (Å²) in [5.74, 6) is 2.97. The quantitative estimate of drug-likeness (QED) is 0.735. The van der Waals surface area contributed by atoms with Gasteiger partial charge in [-0.15, -0.1) is 0 Å². The van der Waals surface area contributed by atoms with Crippen molar-refractivity contribution in [3.63, 3.8) is 0 Å². The lowest BCUT2D eigenvalue weighted by Gasteiger charge is -2.48. The fourth-order valence-electron chi connectivity index (χ4n) is 4.10. The Bertz CT molecular complexity index is 205. The second-order valence-corrected chi connectivity index (χ2v) is 5.61. The summed E-state index contributed by atoms with van der Waals surface area (Å²) < 4.78 is 0. The molecule has 0 aromatic heterocycles. The molecule has 2 aliphatic carbocycles. The minimum Gasteiger partial charge on any atom is -0.396 e. The molecule has 2 aliphatic rings. The second-order valence-electron chi connectivity index (χ2n) is 5.61. The van der Waals surface area contributed by atoms with Gasteiger partial charge >= 0.3 is 0 Å². The van der Waals surface area contributed by atoms with Gasteiger partial charge < -0.3 is 10.2 Å². The minimum atomic E-state index is 0.263. The number of fused-ring (bicyclic) bond motifs is 1. The molecular weight excluding hydrogens is 188 g/mol. The van der Waals surface area contributed by atoms with Crippen molar-refractivity contribution in [2.24, 2.45) is 29.6 Å². The van der Waals surface area contributed by atoms with E-state index in [1.807, 2.05) is 0 Å². The van der Waals surface area contributed by atoms with Crippen molar-refractivity contribution in [3.8, 4) is 0 Å². The van der Waals surface area contributed by atoms with Gasteiger partial charge in [-0.1, -0.05) is 19.8 Å². The van der Waals surface area contributed by atoms with Gasteiger partial charge in [0.15, 0.2) is 0 Å². The van der Waals surface area contributed by atoms with Gasteiger partial charge in [0.1, 0.15) is 0 Å². The predicted molar refractivity (Wildman–Crippen MR) is 60.4 cm³/mol. The Morgan fingerprint density at radius 3 is 2.27 bits per heavy atom. The average Bonchev–Trinajstić information content (AvgIpc) is 2.29. The second kappa shape index (κ2) is 4.84. The summed E-state index contributed by atoms with van der Waals surface area (Å²) >= 11 is 0. The van der Waals surface area contributed by atoms with E-state index in [4.69, 9.17) is 0 Å². The normalized spacial score (nSPS) is 46.2. The monoisotopic (exact) mass is 212 g/mol. The first kappa shape index (κ1) is 11.4. The first-order valence-electron chi connectivity index (χ1n) is 6.49. The maximum atomic E-state index is 9.51. The molecule has 2 saturated carbocycles. The molecule has 0 amide bonds. The van der Waals surface area contributed by atoms with Crippen LogP contribution in [0.25, 0.3) is 0 Å². The van der Waals surface area contributed by atoms with Crippen LogP contribution in [-0.2, 0) is 0 Å². The average molecular weight is 212 g/mol. The van der Waals surface area contributed by atoms with Crippen molar-refractivity contribution >= 4 is 0 Å². The van der Waals surface area contributed by atoms with Crippen LogP contribution in [-0.4, -0.2) is 23.4 Å². The molecule has 0 spiro atoms. The molecule has 5 atom stereocenters. The van der Waals surface area contributed by atoms with E-state index in [0.29, 0.717) is 17.8 Å². The fourth-order valence-corrected chi connectivity index (χ4v) is 4.10. The van der Waals surface area contributed by atoms with E-state index in [0.717, 1.165) is 18.3 Å². The van der Waals surface area contributed by atoms with Crippen LogP contribution < -0.4 is 0 Å². The maximum Gasteiger partial charge on any atom is 0.0465 e. The Morgan fingerprint density at radius 1 is 1.00 bits per heavy atom. The Balaban J connectivity index is 2.12. The van der Waals surface area contributed by atoms with Crippen LogP contribution in [0.4, 0.5) is 0 Å². The Hall–Kier alpha value is -0.0800. The lowest BCUT2D eigenvalue weighted by atomic mass is 9.58. The molecular formula is C13H24O2. The Kier molecular flexibility index (Phi) is 3.68. The number of hydrogen-bond donors (Lipinski definition) is 2. The molecule has 2 heteroatoms. The third kappa shape index (κ3) is 2.07. The fraction of sp³-hybridized carbons (Fsp3) is 1.00. The summed E-state index contributed by atoms with van der Waals surface area (Å²) in [7, 11) is 0. The maximum absolute atomic E-state index is 9.51. The molecule has 0 bridgehead atoms. The predicted octanol–water partition coefficient (Wildman–Crippen LogP) is 2.05. The van der Waals surface area contributed by atoms with E-state index in [-0.39, 0.29) is 13.2 Å². The number of aliphatic hydroxyl groups is 2. The van der Waals surface area contributed by atoms with Crippen molar-refractivity contribution in [2.75, 3.05) is 13.2 Å². The van der Waals surface area contributed by atoms with Gasteiger partial charge in [0.2, 0.25) is 0 Å². The Labute approximate surface area is 92.7 Å². The number of rotatable bonds is 2. The summed E-state index contributed by atoms with van der Waals surface area (Å²) in [6.07, 6.45) is 6.43. The highest BCUT2D eigenvalue weighted by Gasteiger charge is 2.42. The van der Waals surface area contributed by atoms with Crippen molar-refractivity contribution < 1.29 is 10.2 Å². The highest BCUT2D eigenvalue weighted by molar-refractivity contribution is 4.92. The molecule has 88 valence electrons. The summed E-state index contributed by atoms with van der Waals surface area (Å²) in [4.78, 5) is 0. The lowest BCUT2D eigenvalue weighted by molar-refractivity contribution is -0.0332. The molecule has 2 N–H and O–H groups in total. The topological polar surface area (TPSA) is 40.5 Å². The summed E-state index contributed by atoms with van der Waals surface area (Å²) in [5, 5.41) is 18.9. The van der Waals surface area contributed by atoms with Crippen molar-refractivity contribution in [1.82, 2.24) is 0 Å². The highest BCUT2D eigenvalue weighted by Crippen LogP contribution is 2.48. The summed E-state index contributed by atoms with van der Waals surface area (Å²) in [5.41, 5.74) is 0. The van der Waals surface area contributed by atoms with Crippen LogP contribution in [0.3, 0.4) is 0 Å². The molecule has 0 aromatic carbocycles. The highest BCUT2D eigenvalue weighted by atomic mass is 16.3. The molecule has 2 fully saturated rings. The molecule has 0 radical (unpaired) electrons. The van der Waals surface area contributed by atoms with Crippen LogP contribution >= 0.6 is 0 Å². The van der Waals surface area contributed by atoms with Gasteiger partial charge in [0.25, 0.3) is 0 Å². The first-order valence-corrected chi connectivity index (χ1v) is 6.49. The van der Waals surface area contributed by atoms with E-state index >= 15 is 0 Å². The van der Waals surface area contributed by atoms with E-state index in [2.05, 4.69) is 6.92 Å². The zero-order valence-electron chi connectivity index (χ0n) is 9.73. The molecule has 2 rings (SSSR count). The van der Waals surface area contributed by atoms with Gasteiger partial charge in [0, 0.05) is 13.2 Å². The lowest BCUT2D eigenvalue weighted by Crippen LogP contribution is -2.43. The number of aliphatic hydroxyl groups excluding tert-OH is 2. The van der Waals surface area contributed by atoms with Crippen LogP contribution in [0.5, 0.6) is 0 Å². The minimum absolute atomic E-state index is 0.263. The van der Waals surface area contributed by atoms with Gasteiger partial charge in [0.05, 0.1) is 0 Å². The molecule has 0 aliphatic heterocycles. The molecule has 0 saturated heterocycles. The van der Waals surface area contributed by atoms with E-state index < -0.39 is 0 Å². The smallest absolute Gasteiger partial charge is 0.0465 e. The van der Waals surface area contributed by atoms with Crippen molar-refractivity contribution in [2.45, 2.75) is 39.0 Å². The van der Waals surface area contributed by atoms with Crippen molar-refractivity contribution in [3.05, 3.63) is 0 Å². The molecule has 0 heterocycles. The summed E-state index contributed by atoms with van der Waals surface area (Å²) in [6, 6.07) is 0. The third-order valence-corrected chi connectivity index (χ3v) is 4.88. The van der Waals surface area contributed by atoms with Gasteiger partial charge in [-0.05, 0) is 48.9 Å². The van der Waals surface area contributed by atoms with Crippen molar-refractivity contribution in [1.29, 1.82) is 0 Å². The van der Waals surface area contributed by atoms with Crippen LogP contribution in [0.2, 0.25) is 0 Å². The Morgan fingerprint density at radius 2 is 1.67 bits per heavy atom. The van der Waals surface area contributed by atoms with E-state index in [1.165, 1.54) is 25.7 Å². The number of hydrogen-bond acceptors (Lipinski definition) is 2. The van der Waals surface area contributed by atoms with Gasteiger partial charge in [-0.2, -0.15) is 0 Å². The standard InChI is InChI=1S/C13H24O2/c1-9-6-10(7-14)13(8-15)12-5-3-2-4-11(9)12/h9-15H,2-8H2,1H3. The van der Waals surface area contributed by atoms with Gasteiger partial charge in [-0.25, -0.2) is 0 Å². The zero-order chi connectivity index (χ0) is 10.8. The largest absolute Gasteiger partial charge is 0.396 e. The third-order valence-electron chi connectivity index (χ3n) is 4.88. The summed E-state index contributed by atoms with van der Waals surface area (Å²) in [6.45, 7) is 2.87. The van der Waals surface area contributed by atoms with Crippen LogP contribution in [0, 0.1) is 29.6 Å². The van der Waals surface area contributed by atoms with E-state index in [9.17, 15) is 10.2 Å². The van der Waals surface area contributed by atoms with Crippen LogP contribution in [0.1, 0.15) is 39.0 Å². The SMILES string of the molecule is CC1CC(CO)C(CO)C2CCCCC12. The molecule has 2 nitrogen and oxygen atoms in total.